The largest absolute Gasteiger partial charge is 0.416 e. The lowest BCUT2D eigenvalue weighted by Crippen LogP contribution is -2.44. The van der Waals surface area contributed by atoms with E-state index in [9.17, 15) is 35.9 Å². The molecule has 0 bridgehead atoms. The van der Waals surface area contributed by atoms with Crippen molar-refractivity contribution in [2.24, 2.45) is 0 Å². The zero-order valence-electron chi connectivity index (χ0n) is 15.1. The second-order valence-corrected chi connectivity index (χ2v) is 6.91. The summed E-state index contributed by atoms with van der Waals surface area (Å²) in [5.74, 6) is -0.720. The Morgan fingerprint density at radius 1 is 0.690 bits per heavy atom. The van der Waals surface area contributed by atoms with E-state index < -0.39 is 41.0 Å². The lowest BCUT2D eigenvalue weighted by atomic mass is 10.0. The number of halogens is 6. The van der Waals surface area contributed by atoms with Crippen molar-refractivity contribution >= 4 is 23.3 Å². The Morgan fingerprint density at radius 3 is 1.45 bits per heavy atom. The van der Waals surface area contributed by atoms with Crippen LogP contribution in [0.2, 0.25) is 0 Å². The molecule has 2 aromatic rings. The molecule has 0 radical (unpaired) electrons. The molecule has 1 aliphatic rings. The molecule has 0 N–H and O–H groups in total. The van der Waals surface area contributed by atoms with Crippen molar-refractivity contribution in [1.29, 1.82) is 0 Å². The van der Waals surface area contributed by atoms with Crippen LogP contribution in [-0.4, -0.2) is 17.5 Å². The van der Waals surface area contributed by atoms with Crippen LogP contribution in [0.1, 0.15) is 25.0 Å². The minimum Gasteiger partial charge on any atom is -0.279 e. The molecule has 1 saturated heterocycles. The molecule has 1 aliphatic heterocycles. The summed E-state index contributed by atoms with van der Waals surface area (Å²) in [7, 11) is 0. The summed E-state index contributed by atoms with van der Waals surface area (Å²) >= 11 is 0. The molecule has 2 aromatic carbocycles. The average molecular weight is 416 g/mol. The van der Waals surface area contributed by atoms with Crippen LogP contribution in [0.5, 0.6) is 0 Å². The maximum absolute atomic E-state index is 12.9. The zero-order chi connectivity index (χ0) is 21.8. The average Bonchev–Trinajstić information content (AvgIpc) is 2.78. The molecule has 29 heavy (non-hydrogen) atoms. The molecule has 1 heterocycles. The number of hydrogen-bond acceptors (Lipinski definition) is 2. The van der Waals surface area contributed by atoms with Crippen molar-refractivity contribution in [3.8, 4) is 0 Å². The van der Waals surface area contributed by atoms with Gasteiger partial charge in [-0.1, -0.05) is 0 Å². The Morgan fingerprint density at radius 2 is 1.07 bits per heavy atom. The number of alkyl halides is 6. The molecule has 0 aromatic heterocycles. The summed E-state index contributed by atoms with van der Waals surface area (Å²) in [6.07, 6.45) is -9.14. The van der Waals surface area contributed by atoms with Crippen molar-refractivity contribution < 1.29 is 35.9 Å². The van der Waals surface area contributed by atoms with Crippen molar-refractivity contribution in [1.82, 2.24) is 0 Å². The van der Waals surface area contributed by atoms with Crippen molar-refractivity contribution in [3.05, 3.63) is 59.7 Å². The van der Waals surface area contributed by atoms with Gasteiger partial charge in [-0.2, -0.15) is 26.3 Å². The third-order valence-corrected chi connectivity index (χ3v) is 4.57. The smallest absolute Gasteiger partial charge is 0.279 e. The molecule has 3 rings (SSSR count). The molecule has 0 saturated carbocycles. The molecule has 0 unspecified atom stereocenters. The molecular weight excluding hydrogens is 402 g/mol. The van der Waals surface area contributed by atoms with Gasteiger partial charge >= 0.3 is 18.4 Å². The Hall–Kier alpha value is -3.04. The lowest BCUT2D eigenvalue weighted by molar-refractivity contribution is -0.138. The van der Waals surface area contributed by atoms with E-state index in [-0.39, 0.29) is 11.4 Å². The van der Waals surface area contributed by atoms with Crippen LogP contribution in [0.3, 0.4) is 0 Å². The van der Waals surface area contributed by atoms with E-state index in [0.29, 0.717) is 4.90 Å². The van der Waals surface area contributed by atoms with E-state index in [1.54, 1.807) is 0 Å². The normalized spacial score (nSPS) is 17.2. The molecular formula is C19H14F6N2O2. The highest BCUT2D eigenvalue weighted by Gasteiger charge is 2.52. The number of carbonyl (C=O) groups is 2. The van der Waals surface area contributed by atoms with Crippen LogP contribution in [0.25, 0.3) is 0 Å². The molecule has 1 fully saturated rings. The summed E-state index contributed by atoms with van der Waals surface area (Å²) in [4.78, 5) is 27.4. The van der Waals surface area contributed by atoms with E-state index >= 15 is 0 Å². The number of anilines is 2. The Labute approximate surface area is 161 Å². The predicted molar refractivity (Wildman–Crippen MR) is 92.3 cm³/mol. The fourth-order valence-electron chi connectivity index (χ4n) is 3.06. The molecule has 0 atom stereocenters. The third kappa shape index (κ3) is 3.54. The first-order valence-electron chi connectivity index (χ1n) is 8.28. The van der Waals surface area contributed by atoms with Gasteiger partial charge in [0.05, 0.1) is 16.8 Å². The number of urea groups is 1. The van der Waals surface area contributed by atoms with Gasteiger partial charge < -0.3 is 0 Å². The van der Waals surface area contributed by atoms with E-state index in [2.05, 4.69) is 0 Å². The van der Waals surface area contributed by atoms with Crippen LogP contribution in [0.15, 0.2) is 48.5 Å². The Balaban J connectivity index is 1.98. The number of nitrogens with zero attached hydrogens (tertiary/aromatic N) is 2. The highest BCUT2D eigenvalue weighted by atomic mass is 19.4. The number of carbonyl (C=O) groups excluding carboxylic acids is 2. The number of amides is 3. The first kappa shape index (κ1) is 20.7. The van der Waals surface area contributed by atoms with Crippen molar-refractivity contribution in [3.63, 3.8) is 0 Å². The van der Waals surface area contributed by atoms with Crippen LogP contribution >= 0.6 is 0 Å². The van der Waals surface area contributed by atoms with Gasteiger partial charge in [0.15, 0.2) is 0 Å². The molecule has 154 valence electrons. The quantitative estimate of drug-likeness (QED) is 0.481. The summed E-state index contributed by atoms with van der Waals surface area (Å²) in [6, 6.07) is 6.27. The van der Waals surface area contributed by atoms with Gasteiger partial charge in [0.25, 0.3) is 5.91 Å². The number of benzene rings is 2. The summed E-state index contributed by atoms with van der Waals surface area (Å²) in [5, 5.41) is 0. The van der Waals surface area contributed by atoms with E-state index in [1.807, 2.05) is 0 Å². The minimum absolute atomic E-state index is 0.0516. The Bertz CT molecular complexity index is 947. The van der Waals surface area contributed by atoms with Gasteiger partial charge in [0.1, 0.15) is 5.54 Å². The highest BCUT2D eigenvalue weighted by Crippen LogP contribution is 2.38. The van der Waals surface area contributed by atoms with Gasteiger partial charge in [-0.15, -0.1) is 0 Å². The first-order valence-corrected chi connectivity index (χ1v) is 8.28. The topological polar surface area (TPSA) is 40.6 Å². The second kappa shape index (κ2) is 6.50. The minimum atomic E-state index is -4.58. The zero-order valence-corrected chi connectivity index (χ0v) is 15.1. The summed E-state index contributed by atoms with van der Waals surface area (Å²) < 4.78 is 76.5. The molecule has 4 nitrogen and oxygen atoms in total. The highest BCUT2D eigenvalue weighted by molar-refractivity contribution is 6.30. The van der Waals surface area contributed by atoms with Crippen LogP contribution in [0, 0.1) is 0 Å². The number of rotatable bonds is 2. The number of imide groups is 1. The van der Waals surface area contributed by atoms with Crippen molar-refractivity contribution in [2.75, 3.05) is 9.80 Å². The second-order valence-electron chi connectivity index (χ2n) is 6.91. The van der Waals surface area contributed by atoms with Crippen LogP contribution < -0.4 is 9.80 Å². The Kier molecular flexibility index (Phi) is 4.64. The van der Waals surface area contributed by atoms with Crippen LogP contribution in [0.4, 0.5) is 42.5 Å². The fraction of sp³-hybridized carbons (Fsp3) is 0.263. The fourth-order valence-corrected chi connectivity index (χ4v) is 3.06. The molecule has 3 amide bonds. The lowest BCUT2D eigenvalue weighted by Gasteiger charge is -2.27. The first-order chi connectivity index (χ1) is 13.2. The molecule has 10 heteroatoms. The molecule has 0 spiro atoms. The van der Waals surface area contributed by atoms with Crippen LogP contribution in [-0.2, 0) is 17.1 Å². The van der Waals surface area contributed by atoms with Gasteiger partial charge in [-0.25, -0.2) is 9.69 Å². The molecule has 0 aliphatic carbocycles. The number of hydrogen-bond donors (Lipinski definition) is 0. The van der Waals surface area contributed by atoms with E-state index in [4.69, 9.17) is 0 Å². The maximum atomic E-state index is 12.9. The van der Waals surface area contributed by atoms with Crippen molar-refractivity contribution in [2.45, 2.75) is 31.7 Å². The summed E-state index contributed by atoms with van der Waals surface area (Å²) in [5.41, 5.74) is -3.35. The maximum Gasteiger partial charge on any atom is 0.416 e. The standard InChI is InChI=1S/C19H14F6N2O2/c1-17(2)15(28)26(13-7-3-11(4-8-13)18(20,21)22)16(29)27(17)14-9-5-12(6-10-14)19(23,24)25/h3-10H,1-2H3. The van der Waals surface area contributed by atoms with Gasteiger partial charge in [0, 0.05) is 5.69 Å². The third-order valence-electron chi connectivity index (χ3n) is 4.57. The van der Waals surface area contributed by atoms with Gasteiger partial charge in [-0.3, -0.25) is 9.69 Å². The van der Waals surface area contributed by atoms with E-state index in [0.717, 1.165) is 53.4 Å². The van der Waals surface area contributed by atoms with E-state index in [1.165, 1.54) is 13.8 Å². The van der Waals surface area contributed by atoms with Gasteiger partial charge in [0.2, 0.25) is 0 Å². The SMILES string of the molecule is CC1(C)C(=O)N(c2ccc(C(F)(F)F)cc2)C(=O)N1c1ccc(C(F)(F)F)cc1. The monoisotopic (exact) mass is 416 g/mol. The van der Waals surface area contributed by atoms with Gasteiger partial charge in [-0.05, 0) is 62.4 Å². The summed E-state index contributed by atoms with van der Waals surface area (Å²) in [6.45, 7) is 2.80. The predicted octanol–water partition coefficient (Wildman–Crippen LogP) is 5.48.